The summed E-state index contributed by atoms with van der Waals surface area (Å²) in [6.07, 6.45) is 2.76. The zero-order chi connectivity index (χ0) is 25.6. The van der Waals surface area contributed by atoms with Crippen molar-refractivity contribution in [3.8, 4) is 5.75 Å². The number of amides is 1. The van der Waals surface area contributed by atoms with E-state index in [1.54, 1.807) is 19.1 Å². The molecule has 0 saturated carbocycles. The SMILES string of the molecule is CCOc1ccc(S(=O)(=O)N(C)CC(=O)NCc2ccc(S(=O)(=O)N3CCCCC3)cc2)cc1Cl. The first kappa shape index (κ1) is 27.4. The Morgan fingerprint density at radius 1 is 1.03 bits per heavy atom. The van der Waals surface area contributed by atoms with Crippen LogP contribution in [0.2, 0.25) is 5.02 Å². The predicted molar refractivity (Wildman–Crippen MR) is 133 cm³/mol. The topological polar surface area (TPSA) is 113 Å². The van der Waals surface area contributed by atoms with E-state index < -0.39 is 32.5 Å². The number of halogens is 1. The van der Waals surface area contributed by atoms with Gasteiger partial charge in [-0.1, -0.05) is 30.2 Å². The van der Waals surface area contributed by atoms with Gasteiger partial charge in [-0.2, -0.15) is 8.61 Å². The summed E-state index contributed by atoms with van der Waals surface area (Å²) in [6, 6.07) is 10.5. The van der Waals surface area contributed by atoms with Crippen molar-refractivity contribution in [1.29, 1.82) is 0 Å². The zero-order valence-corrected chi connectivity index (χ0v) is 22.1. The minimum atomic E-state index is -3.94. The number of rotatable bonds is 10. The molecule has 1 aliphatic heterocycles. The normalized spacial score (nSPS) is 15.2. The van der Waals surface area contributed by atoms with Gasteiger partial charge in [-0.3, -0.25) is 4.79 Å². The van der Waals surface area contributed by atoms with Gasteiger partial charge in [0.25, 0.3) is 0 Å². The lowest BCUT2D eigenvalue weighted by molar-refractivity contribution is -0.121. The molecule has 192 valence electrons. The largest absolute Gasteiger partial charge is 0.492 e. The number of nitrogens with zero attached hydrogens (tertiary/aromatic N) is 2. The lowest BCUT2D eigenvalue weighted by atomic mass is 10.2. The molecule has 2 aromatic carbocycles. The van der Waals surface area contributed by atoms with E-state index in [4.69, 9.17) is 16.3 Å². The highest BCUT2D eigenvalue weighted by molar-refractivity contribution is 7.89. The summed E-state index contributed by atoms with van der Waals surface area (Å²) in [6.45, 7) is 2.97. The first-order chi connectivity index (χ1) is 16.6. The Morgan fingerprint density at radius 3 is 2.26 bits per heavy atom. The number of sulfonamides is 2. The van der Waals surface area contributed by atoms with E-state index in [0.29, 0.717) is 31.0 Å². The molecule has 0 aliphatic carbocycles. The fraction of sp³-hybridized carbons (Fsp3) is 0.435. The van der Waals surface area contributed by atoms with Gasteiger partial charge in [-0.25, -0.2) is 16.8 Å². The Bertz CT molecular complexity index is 1240. The predicted octanol–water partition coefficient (Wildman–Crippen LogP) is 2.85. The molecule has 35 heavy (non-hydrogen) atoms. The van der Waals surface area contributed by atoms with Crippen molar-refractivity contribution in [1.82, 2.24) is 13.9 Å². The standard InChI is InChI=1S/C23H30ClN3O6S2/c1-3-33-22-12-11-20(15-21(22)24)34(29,30)26(2)17-23(28)25-16-18-7-9-19(10-8-18)35(31,32)27-13-5-4-6-14-27/h7-12,15H,3-6,13-14,16-17H2,1-2H3,(H,25,28). The summed E-state index contributed by atoms with van der Waals surface area (Å²) in [5.74, 6) is -0.124. The molecule has 1 fully saturated rings. The van der Waals surface area contributed by atoms with Crippen molar-refractivity contribution in [3.05, 3.63) is 53.1 Å². The third-order valence-corrected chi connectivity index (χ3v) is 9.65. The van der Waals surface area contributed by atoms with Crippen LogP contribution >= 0.6 is 11.6 Å². The van der Waals surface area contributed by atoms with E-state index in [1.165, 1.54) is 41.7 Å². The molecule has 0 unspecified atom stereocenters. The van der Waals surface area contributed by atoms with Crippen LogP contribution in [0.3, 0.4) is 0 Å². The van der Waals surface area contributed by atoms with Gasteiger partial charge in [-0.15, -0.1) is 0 Å². The molecular formula is C23H30ClN3O6S2. The van der Waals surface area contributed by atoms with E-state index in [9.17, 15) is 21.6 Å². The Kier molecular flexibility index (Phi) is 9.16. The number of carbonyl (C=O) groups excluding carboxylic acids is 1. The van der Waals surface area contributed by atoms with E-state index in [-0.39, 0.29) is 21.4 Å². The lowest BCUT2D eigenvalue weighted by Crippen LogP contribution is -2.38. The summed E-state index contributed by atoms with van der Waals surface area (Å²) < 4.78 is 58.9. The van der Waals surface area contributed by atoms with Crippen molar-refractivity contribution >= 4 is 37.6 Å². The van der Waals surface area contributed by atoms with Gasteiger partial charge in [0.1, 0.15) is 5.75 Å². The van der Waals surface area contributed by atoms with Crippen LogP contribution in [0.15, 0.2) is 52.3 Å². The zero-order valence-electron chi connectivity index (χ0n) is 19.7. The van der Waals surface area contributed by atoms with Crippen LogP contribution in [0, 0.1) is 0 Å². The number of benzene rings is 2. The van der Waals surface area contributed by atoms with Crippen LogP contribution in [0.1, 0.15) is 31.7 Å². The fourth-order valence-corrected chi connectivity index (χ4v) is 6.64. The monoisotopic (exact) mass is 543 g/mol. The Morgan fingerprint density at radius 2 is 1.66 bits per heavy atom. The average molecular weight is 544 g/mol. The molecule has 12 heteroatoms. The molecule has 0 aromatic heterocycles. The van der Waals surface area contributed by atoms with Gasteiger partial charge in [0, 0.05) is 26.7 Å². The highest BCUT2D eigenvalue weighted by Crippen LogP contribution is 2.28. The molecule has 3 rings (SSSR count). The second-order valence-corrected chi connectivity index (χ2v) is 12.6. The number of piperidine rings is 1. The molecule has 0 bridgehead atoms. The van der Waals surface area contributed by atoms with Gasteiger partial charge in [0.05, 0.1) is 28.0 Å². The number of likely N-dealkylation sites (N-methyl/N-ethyl adjacent to an activating group) is 1. The van der Waals surface area contributed by atoms with Crippen molar-refractivity contribution in [2.24, 2.45) is 0 Å². The highest BCUT2D eigenvalue weighted by Gasteiger charge is 2.26. The number of hydrogen-bond acceptors (Lipinski definition) is 6. The van der Waals surface area contributed by atoms with Crippen LogP contribution in [0.4, 0.5) is 0 Å². The maximum absolute atomic E-state index is 12.8. The maximum atomic E-state index is 12.8. The number of ether oxygens (including phenoxy) is 1. The van der Waals surface area contributed by atoms with Crippen LogP contribution in [-0.4, -0.2) is 64.6 Å². The van der Waals surface area contributed by atoms with Gasteiger partial charge >= 0.3 is 0 Å². The van der Waals surface area contributed by atoms with Crippen molar-refractivity contribution in [2.45, 2.75) is 42.5 Å². The van der Waals surface area contributed by atoms with E-state index >= 15 is 0 Å². The molecule has 1 aliphatic rings. The van der Waals surface area contributed by atoms with Crippen LogP contribution in [0.25, 0.3) is 0 Å². The molecular weight excluding hydrogens is 514 g/mol. The van der Waals surface area contributed by atoms with Crippen molar-refractivity contribution in [2.75, 3.05) is 33.3 Å². The van der Waals surface area contributed by atoms with Gasteiger partial charge in [0.2, 0.25) is 26.0 Å². The first-order valence-electron chi connectivity index (χ1n) is 11.3. The van der Waals surface area contributed by atoms with E-state index in [1.807, 2.05) is 0 Å². The van der Waals surface area contributed by atoms with Gasteiger partial charge < -0.3 is 10.1 Å². The van der Waals surface area contributed by atoms with Crippen LogP contribution in [-0.2, 0) is 31.4 Å². The fourth-order valence-electron chi connectivity index (χ4n) is 3.67. The van der Waals surface area contributed by atoms with Crippen molar-refractivity contribution < 1.29 is 26.4 Å². The molecule has 1 N–H and O–H groups in total. The quantitative estimate of drug-likeness (QED) is 0.493. The number of carbonyl (C=O) groups is 1. The minimum Gasteiger partial charge on any atom is -0.492 e. The van der Waals surface area contributed by atoms with Crippen LogP contribution < -0.4 is 10.1 Å². The van der Waals surface area contributed by atoms with E-state index in [0.717, 1.165) is 23.6 Å². The summed E-state index contributed by atoms with van der Waals surface area (Å²) in [7, 11) is -6.16. The molecule has 2 aromatic rings. The summed E-state index contributed by atoms with van der Waals surface area (Å²) in [4.78, 5) is 12.5. The summed E-state index contributed by atoms with van der Waals surface area (Å²) in [5, 5.41) is 2.82. The average Bonchev–Trinajstić information content (AvgIpc) is 2.84. The Balaban J connectivity index is 1.57. The molecule has 1 heterocycles. The smallest absolute Gasteiger partial charge is 0.243 e. The Hall–Kier alpha value is -2.18. The minimum absolute atomic E-state index is 0.0493. The summed E-state index contributed by atoms with van der Waals surface area (Å²) in [5.41, 5.74) is 0.694. The van der Waals surface area contributed by atoms with Crippen molar-refractivity contribution in [3.63, 3.8) is 0 Å². The molecule has 9 nitrogen and oxygen atoms in total. The second-order valence-electron chi connectivity index (χ2n) is 8.17. The maximum Gasteiger partial charge on any atom is 0.243 e. The lowest BCUT2D eigenvalue weighted by Gasteiger charge is -2.25. The molecule has 1 amide bonds. The third-order valence-electron chi connectivity index (χ3n) is 5.64. The van der Waals surface area contributed by atoms with Gasteiger partial charge in [-0.05, 0) is 55.7 Å². The third kappa shape index (κ3) is 6.73. The molecule has 0 atom stereocenters. The van der Waals surface area contributed by atoms with E-state index in [2.05, 4.69) is 5.32 Å². The molecule has 1 saturated heterocycles. The second kappa shape index (κ2) is 11.7. The first-order valence-corrected chi connectivity index (χ1v) is 14.6. The summed E-state index contributed by atoms with van der Waals surface area (Å²) >= 11 is 6.10. The number of hydrogen-bond donors (Lipinski definition) is 1. The number of nitrogens with one attached hydrogen (secondary N) is 1. The highest BCUT2D eigenvalue weighted by atomic mass is 35.5. The Labute approximate surface area is 212 Å². The van der Waals surface area contributed by atoms with Crippen LogP contribution in [0.5, 0.6) is 5.75 Å². The molecule has 0 radical (unpaired) electrons. The van der Waals surface area contributed by atoms with Gasteiger partial charge in [0.15, 0.2) is 0 Å². The molecule has 0 spiro atoms.